The molecule has 3 heterocycles. The molecular formula is C30H34BN5O3. The Bertz CT molecular complexity index is 1330. The number of nitrogen functional groups attached to an aromatic ring is 1. The van der Waals surface area contributed by atoms with Crippen LogP contribution < -0.4 is 21.8 Å². The highest BCUT2D eigenvalue weighted by atomic mass is 16.5. The van der Waals surface area contributed by atoms with Gasteiger partial charge in [0, 0.05) is 30.5 Å². The van der Waals surface area contributed by atoms with Gasteiger partial charge in [0.05, 0.1) is 35.7 Å². The van der Waals surface area contributed by atoms with Gasteiger partial charge in [0.1, 0.15) is 7.85 Å². The van der Waals surface area contributed by atoms with E-state index >= 15 is 0 Å². The number of para-hydroxylation sites is 2. The molecule has 1 aromatic heterocycles. The highest BCUT2D eigenvalue weighted by Crippen LogP contribution is 2.29. The van der Waals surface area contributed by atoms with Gasteiger partial charge in [-0.1, -0.05) is 35.8 Å². The Morgan fingerprint density at radius 3 is 2.64 bits per heavy atom. The Balaban J connectivity index is 1.24. The standard InChI is InChI=1S/C30H34BN5O3/c31-21-9-11-22(12-10-21)34-30(38)25(4-3-15-36-18-24-16-23(36)19-39-24)27-13-7-20(17-33-27)8-14-29(37)35-28-6-2-1-5-26(28)32/h1-2,5-14,17,23-25H,3-4,15-16,18-19,31-32H2,(H,34,38)(H,35,37)/b14-8+/t23-,24-,25?/m0/s1. The van der Waals surface area contributed by atoms with E-state index in [4.69, 9.17) is 10.5 Å². The van der Waals surface area contributed by atoms with Gasteiger partial charge in [-0.25, -0.2) is 0 Å². The maximum absolute atomic E-state index is 13.4. The smallest absolute Gasteiger partial charge is 0.248 e. The Hall–Kier alpha value is -3.95. The SMILES string of the molecule is Bc1ccc(NC(=O)C(CCCN2C[C@@H]3C[C@H]2CO3)c2ccc(/C=C/C(=O)Nc3ccccc3N)cn2)cc1. The molecule has 3 atom stereocenters. The number of carbonyl (C=O) groups is 2. The summed E-state index contributed by atoms with van der Waals surface area (Å²) in [5.74, 6) is -0.737. The molecule has 2 saturated heterocycles. The van der Waals surface area contributed by atoms with Crippen molar-refractivity contribution < 1.29 is 14.3 Å². The molecule has 5 rings (SSSR count). The molecule has 2 aliphatic heterocycles. The molecule has 4 N–H and O–H groups in total. The molecule has 0 aliphatic carbocycles. The number of benzene rings is 2. The molecule has 39 heavy (non-hydrogen) atoms. The van der Waals surface area contributed by atoms with E-state index in [2.05, 4.69) is 20.5 Å². The number of hydrogen-bond acceptors (Lipinski definition) is 6. The Kier molecular flexibility index (Phi) is 8.39. The summed E-state index contributed by atoms with van der Waals surface area (Å²) in [4.78, 5) is 32.8. The number of carbonyl (C=O) groups excluding carboxylic acids is 2. The van der Waals surface area contributed by atoms with Crippen LogP contribution in [0.5, 0.6) is 0 Å². The zero-order valence-electron chi connectivity index (χ0n) is 22.2. The molecule has 0 spiro atoms. The second-order valence-corrected chi connectivity index (χ2v) is 10.3. The van der Waals surface area contributed by atoms with E-state index < -0.39 is 0 Å². The zero-order valence-corrected chi connectivity index (χ0v) is 22.2. The van der Waals surface area contributed by atoms with Crippen LogP contribution >= 0.6 is 0 Å². The van der Waals surface area contributed by atoms with Gasteiger partial charge >= 0.3 is 0 Å². The minimum Gasteiger partial charge on any atom is -0.397 e. The van der Waals surface area contributed by atoms with Crippen molar-refractivity contribution in [1.82, 2.24) is 9.88 Å². The number of ether oxygens (including phenoxy) is 1. The normalized spacial score (nSPS) is 19.3. The molecule has 0 radical (unpaired) electrons. The number of nitrogens with zero attached hydrogens (tertiary/aromatic N) is 2. The van der Waals surface area contributed by atoms with Crippen LogP contribution in [0.4, 0.5) is 17.1 Å². The lowest BCUT2D eigenvalue weighted by Gasteiger charge is -2.27. The van der Waals surface area contributed by atoms with Gasteiger partial charge in [0.15, 0.2) is 0 Å². The van der Waals surface area contributed by atoms with Gasteiger partial charge in [-0.2, -0.15) is 0 Å². The lowest BCUT2D eigenvalue weighted by Crippen LogP contribution is -2.37. The van der Waals surface area contributed by atoms with E-state index in [1.165, 1.54) is 6.08 Å². The quantitative estimate of drug-likeness (QED) is 0.214. The van der Waals surface area contributed by atoms with E-state index in [0.29, 0.717) is 35.6 Å². The average Bonchev–Trinajstić information content (AvgIpc) is 3.57. The largest absolute Gasteiger partial charge is 0.397 e. The summed E-state index contributed by atoms with van der Waals surface area (Å²) in [7, 11) is 2.02. The molecule has 9 heteroatoms. The van der Waals surface area contributed by atoms with Crippen LogP contribution in [0.3, 0.4) is 0 Å². The molecule has 8 nitrogen and oxygen atoms in total. The molecule has 2 amide bonds. The first kappa shape index (κ1) is 26.7. The van der Waals surface area contributed by atoms with Crippen molar-refractivity contribution in [1.29, 1.82) is 0 Å². The Morgan fingerprint density at radius 1 is 1.13 bits per heavy atom. The number of hydrogen-bond donors (Lipinski definition) is 3. The van der Waals surface area contributed by atoms with E-state index in [1.807, 2.05) is 56.4 Å². The molecule has 0 saturated carbocycles. The van der Waals surface area contributed by atoms with Crippen molar-refractivity contribution in [2.24, 2.45) is 0 Å². The third-order valence-corrected chi connectivity index (χ3v) is 7.40. The van der Waals surface area contributed by atoms with Crippen LogP contribution in [-0.4, -0.2) is 61.4 Å². The number of likely N-dealkylation sites (tertiary alicyclic amines) is 1. The highest BCUT2D eigenvalue weighted by molar-refractivity contribution is 6.32. The second kappa shape index (κ2) is 12.3. The van der Waals surface area contributed by atoms with Gasteiger partial charge in [-0.15, -0.1) is 0 Å². The monoisotopic (exact) mass is 523 g/mol. The number of rotatable bonds is 10. The summed E-state index contributed by atoms with van der Waals surface area (Å²) in [6.07, 6.45) is 7.89. The number of anilines is 3. The summed E-state index contributed by atoms with van der Waals surface area (Å²) < 4.78 is 5.72. The maximum atomic E-state index is 13.4. The molecule has 2 aromatic carbocycles. The molecule has 1 unspecified atom stereocenters. The van der Waals surface area contributed by atoms with Crippen LogP contribution in [0.2, 0.25) is 0 Å². The summed E-state index contributed by atoms with van der Waals surface area (Å²) in [6.45, 7) is 2.74. The van der Waals surface area contributed by atoms with E-state index in [-0.39, 0.29) is 17.7 Å². The van der Waals surface area contributed by atoms with Gasteiger partial charge < -0.3 is 21.1 Å². The van der Waals surface area contributed by atoms with Crippen molar-refractivity contribution in [3.8, 4) is 0 Å². The lowest BCUT2D eigenvalue weighted by atomic mass is 9.95. The lowest BCUT2D eigenvalue weighted by molar-refractivity contribution is -0.118. The van der Waals surface area contributed by atoms with Crippen molar-refractivity contribution in [2.45, 2.75) is 37.3 Å². The van der Waals surface area contributed by atoms with Crippen molar-refractivity contribution in [3.05, 3.63) is 84.2 Å². The number of pyridine rings is 1. The number of nitrogens with two attached hydrogens (primary N) is 1. The molecular weight excluding hydrogens is 489 g/mol. The van der Waals surface area contributed by atoms with Crippen molar-refractivity contribution in [3.63, 3.8) is 0 Å². The van der Waals surface area contributed by atoms with E-state index in [1.54, 1.807) is 24.4 Å². The van der Waals surface area contributed by atoms with Crippen LogP contribution in [0, 0.1) is 0 Å². The molecule has 2 bridgehead atoms. The highest BCUT2D eigenvalue weighted by Gasteiger charge is 2.38. The van der Waals surface area contributed by atoms with Gasteiger partial charge in [-0.3, -0.25) is 19.5 Å². The predicted molar refractivity (Wildman–Crippen MR) is 158 cm³/mol. The topological polar surface area (TPSA) is 110 Å². The molecule has 200 valence electrons. The second-order valence-electron chi connectivity index (χ2n) is 10.3. The van der Waals surface area contributed by atoms with E-state index in [0.717, 1.165) is 49.3 Å². The molecule has 3 aromatic rings. The van der Waals surface area contributed by atoms with Crippen molar-refractivity contribution in [2.75, 3.05) is 36.1 Å². The van der Waals surface area contributed by atoms with Gasteiger partial charge in [0.2, 0.25) is 11.8 Å². The summed E-state index contributed by atoms with van der Waals surface area (Å²) >= 11 is 0. The Morgan fingerprint density at radius 2 is 1.95 bits per heavy atom. The minimum absolute atomic E-state index is 0.0688. The molecule has 2 fully saturated rings. The zero-order chi connectivity index (χ0) is 27.2. The fourth-order valence-corrected chi connectivity index (χ4v) is 5.21. The first-order valence-corrected chi connectivity index (χ1v) is 13.5. The van der Waals surface area contributed by atoms with Gasteiger partial charge in [0.25, 0.3) is 0 Å². The Labute approximate surface area is 230 Å². The van der Waals surface area contributed by atoms with Crippen molar-refractivity contribution >= 4 is 48.3 Å². The summed E-state index contributed by atoms with van der Waals surface area (Å²) in [5, 5.41) is 5.84. The number of nitrogens with one attached hydrogen (secondary N) is 2. The summed E-state index contributed by atoms with van der Waals surface area (Å²) in [6, 6.07) is 19.2. The maximum Gasteiger partial charge on any atom is 0.248 e. The van der Waals surface area contributed by atoms with Crippen LogP contribution in [0.1, 0.15) is 36.4 Å². The average molecular weight is 523 g/mol. The minimum atomic E-state index is -0.385. The predicted octanol–water partition coefficient (Wildman–Crippen LogP) is 2.55. The fraction of sp³-hybridized carbons (Fsp3) is 0.300. The van der Waals surface area contributed by atoms with Gasteiger partial charge in [-0.05, 0) is 67.8 Å². The number of aromatic nitrogens is 1. The molecule has 2 aliphatic rings. The van der Waals surface area contributed by atoms with Crippen LogP contribution in [0.25, 0.3) is 6.08 Å². The number of morpholine rings is 1. The fourth-order valence-electron chi connectivity index (χ4n) is 5.21. The summed E-state index contributed by atoms with van der Waals surface area (Å²) in [5.41, 5.74) is 10.4. The first-order valence-electron chi connectivity index (χ1n) is 13.5. The number of fused-ring (bicyclic) bond motifs is 2. The third-order valence-electron chi connectivity index (χ3n) is 7.40. The number of amides is 2. The van der Waals surface area contributed by atoms with Crippen LogP contribution in [-0.2, 0) is 14.3 Å². The van der Waals surface area contributed by atoms with Crippen LogP contribution in [0.15, 0.2) is 72.9 Å². The third kappa shape index (κ3) is 6.93. The van der Waals surface area contributed by atoms with E-state index in [9.17, 15) is 9.59 Å². The first-order chi connectivity index (χ1) is 18.9.